The lowest BCUT2D eigenvalue weighted by Crippen LogP contribution is -2.50. The zero-order valence-corrected chi connectivity index (χ0v) is 8.88. The van der Waals surface area contributed by atoms with Crippen molar-refractivity contribution in [1.82, 2.24) is 9.80 Å². The van der Waals surface area contributed by atoms with Crippen molar-refractivity contribution in [3.8, 4) is 0 Å². The van der Waals surface area contributed by atoms with Gasteiger partial charge in [-0.05, 0) is 19.9 Å². The van der Waals surface area contributed by atoms with Gasteiger partial charge in [0.15, 0.2) is 0 Å². The molecule has 2 nitrogen and oxygen atoms in total. The van der Waals surface area contributed by atoms with E-state index in [9.17, 15) is 0 Å². The summed E-state index contributed by atoms with van der Waals surface area (Å²) in [7, 11) is 2.22. The molecule has 0 N–H and O–H groups in total. The molecule has 1 heterocycles. The number of hydrogen-bond donors (Lipinski definition) is 0. The molecule has 1 saturated heterocycles. The van der Waals surface area contributed by atoms with Gasteiger partial charge in [0.05, 0.1) is 0 Å². The van der Waals surface area contributed by atoms with E-state index < -0.39 is 0 Å². The molecule has 0 aromatic heterocycles. The van der Waals surface area contributed by atoms with Crippen LogP contribution in [0.25, 0.3) is 0 Å². The van der Waals surface area contributed by atoms with E-state index in [-0.39, 0.29) is 0 Å². The molecule has 0 radical (unpaired) electrons. The molecule has 0 amide bonds. The van der Waals surface area contributed by atoms with E-state index >= 15 is 0 Å². The summed E-state index contributed by atoms with van der Waals surface area (Å²) >= 11 is 0. The van der Waals surface area contributed by atoms with Crippen molar-refractivity contribution in [3.63, 3.8) is 0 Å². The van der Waals surface area contributed by atoms with Crippen LogP contribution in [0.2, 0.25) is 0 Å². The third kappa shape index (κ3) is 2.76. The van der Waals surface area contributed by atoms with Crippen LogP contribution in [0.1, 0.15) is 20.8 Å². The summed E-state index contributed by atoms with van der Waals surface area (Å²) in [5.74, 6) is 0.806. The highest BCUT2D eigenvalue weighted by molar-refractivity contribution is 4.76. The normalized spacial score (nSPS) is 28.2. The van der Waals surface area contributed by atoms with Crippen molar-refractivity contribution in [2.75, 3.05) is 33.2 Å². The van der Waals surface area contributed by atoms with Crippen LogP contribution >= 0.6 is 0 Å². The highest BCUT2D eigenvalue weighted by Crippen LogP contribution is 2.08. The zero-order chi connectivity index (χ0) is 9.14. The van der Waals surface area contributed by atoms with E-state index in [1.165, 1.54) is 26.2 Å². The van der Waals surface area contributed by atoms with Crippen molar-refractivity contribution in [2.24, 2.45) is 5.92 Å². The molecule has 2 heteroatoms. The van der Waals surface area contributed by atoms with Gasteiger partial charge >= 0.3 is 0 Å². The predicted molar refractivity (Wildman–Crippen MR) is 53.4 cm³/mol. The molecule has 12 heavy (non-hydrogen) atoms. The average molecular weight is 170 g/mol. The summed E-state index contributed by atoms with van der Waals surface area (Å²) < 4.78 is 0. The van der Waals surface area contributed by atoms with Crippen molar-refractivity contribution in [1.29, 1.82) is 0 Å². The van der Waals surface area contributed by atoms with Crippen molar-refractivity contribution >= 4 is 0 Å². The van der Waals surface area contributed by atoms with Crippen LogP contribution in [0.5, 0.6) is 0 Å². The second-order valence-electron chi connectivity index (χ2n) is 4.48. The van der Waals surface area contributed by atoms with Crippen LogP contribution in [-0.4, -0.2) is 49.1 Å². The summed E-state index contributed by atoms with van der Waals surface area (Å²) in [6.07, 6.45) is 0. The standard InChI is InChI=1S/C10H22N2/c1-9(2)7-12-6-5-11(4)10(3)8-12/h9-10H,5-8H2,1-4H3. The fourth-order valence-electron chi connectivity index (χ4n) is 1.81. The molecule has 1 aliphatic heterocycles. The van der Waals surface area contributed by atoms with Gasteiger partial charge in [0, 0.05) is 32.2 Å². The summed E-state index contributed by atoms with van der Waals surface area (Å²) in [6, 6.07) is 0.734. The Balaban J connectivity index is 2.30. The van der Waals surface area contributed by atoms with Crippen molar-refractivity contribution < 1.29 is 0 Å². The maximum absolute atomic E-state index is 2.58. The summed E-state index contributed by atoms with van der Waals surface area (Å²) in [4.78, 5) is 5.02. The third-order valence-corrected chi connectivity index (χ3v) is 2.67. The lowest BCUT2D eigenvalue weighted by Gasteiger charge is -2.38. The lowest BCUT2D eigenvalue weighted by molar-refractivity contribution is 0.0963. The third-order valence-electron chi connectivity index (χ3n) is 2.67. The topological polar surface area (TPSA) is 6.48 Å². The minimum atomic E-state index is 0.734. The number of likely N-dealkylation sites (N-methyl/N-ethyl adjacent to an activating group) is 1. The van der Waals surface area contributed by atoms with Gasteiger partial charge in [-0.15, -0.1) is 0 Å². The minimum Gasteiger partial charge on any atom is -0.301 e. The molecule has 1 atom stereocenters. The Morgan fingerprint density at radius 2 is 2.00 bits per heavy atom. The SMILES string of the molecule is CC(C)CN1CCN(C)C(C)C1. The van der Waals surface area contributed by atoms with E-state index in [0.29, 0.717) is 0 Å². The highest BCUT2D eigenvalue weighted by Gasteiger charge is 2.20. The molecule has 1 unspecified atom stereocenters. The Morgan fingerprint density at radius 3 is 2.50 bits per heavy atom. The Bertz CT molecular complexity index is 134. The molecular formula is C10H22N2. The van der Waals surface area contributed by atoms with E-state index in [0.717, 1.165) is 12.0 Å². The van der Waals surface area contributed by atoms with Crippen LogP contribution in [-0.2, 0) is 0 Å². The second-order valence-corrected chi connectivity index (χ2v) is 4.48. The Hall–Kier alpha value is -0.0800. The largest absolute Gasteiger partial charge is 0.301 e. The number of hydrogen-bond acceptors (Lipinski definition) is 2. The highest BCUT2D eigenvalue weighted by atomic mass is 15.3. The maximum Gasteiger partial charge on any atom is 0.0192 e. The van der Waals surface area contributed by atoms with Gasteiger partial charge in [-0.25, -0.2) is 0 Å². The molecule has 0 saturated carbocycles. The molecule has 0 aromatic carbocycles. The van der Waals surface area contributed by atoms with Crippen LogP contribution < -0.4 is 0 Å². The molecule has 0 bridgehead atoms. The number of rotatable bonds is 2. The van der Waals surface area contributed by atoms with Crippen LogP contribution in [0.4, 0.5) is 0 Å². The van der Waals surface area contributed by atoms with E-state index in [4.69, 9.17) is 0 Å². The van der Waals surface area contributed by atoms with E-state index in [2.05, 4.69) is 37.6 Å². The molecule has 1 rings (SSSR count). The van der Waals surface area contributed by atoms with Crippen molar-refractivity contribution in [2.45, 2.75) is 26.8 Å². The fraction of sp³-hybridized carbons (Fsp3) is 1.00. The molecule has 0 aliphatic carbocycles. The molecular weight excluding hydrogens is 148 g/mol. The summed E-state index contributed by atoms with van der Waals surface area (Å²) in [5, 5.41) is 0. The molecule has 0 spiro atoms. The quantitative estimate of drug-likeness (QED) is 0.616. The number of piperazine rings is 1. The Labute approximate surface area is 76.5 Å². The first-order valence-corrected chi connectivity index (χ1v) is 5.02. The van der Waals surface area contributed by atoms with Crippen LogP contribution in [0, 0.1) is 5.92 Å². The van der Waals surface area contributed by atoms with E-state index in [1.54, 1.807) is 0 Å². The molecule has 1 aliphatic rings. The minimum absolute atomic E-state index is 0.734. The zero-order valence-electron chi connectivity index (χ0n) is 8.88. The van der Waals surface area contributed by atoms with Gasteiger partial charge in [0.25, 0.3) is 0 Å². The van der Waals surface area contributed by atoms with Gasteiger partial charge in [-0.1, -0.05) is 13.8 Å². The molecule has 1 fully saturated rings. The first kappa shape index (κ1) is 10.0. The second kappa shape index (κ2) is 4.24. The molecule has 0 aromatic rings. The van der Waals surface area contributed by atoms with Gasteiger partial charge < -0.3 is 9.80 Å². The lowest BCUT2D eigenvalue weighted by atomic mass is 10.1. The van der Waals surface area contributed by atoms with E-state index in [1.807, 2.05) is 0 Å². The fourth-order valence-corrected chi connectivity index (χ4v) is 1.81. The summed E-state index contributed by atoms with van der Waals surface area (Å²) in [6.45, 7) is 11.9. The van der Waals surface area contributed by atoms with Gasteiger partial charge in [0.2, 0.25) is 0 Å². The Kier molecular flexibility index (Phi) is 3.53. The number of nitrogens with zero attached hydrogens (tertiary/aromatic N) is 2. The van der Waals surface area contributed by atoms with Crippen LogP contribution in [0.15, 0.2) is 0 Å². The van der Waals surface area contributed by atoms with Crippen LogP contribution in [0.3, 0.4) is 0 Å². The first-order valence-electron chi connectivity index (χ1n) is 5.02. The predicted octanol–water partition coefficient (Wildman–Crippen LogP) is 1.28. The first-order chi connectivity index (χ1) is 5.59. The average Bonchev–Trinajstić information content (AvgIpc) is 1.96. The van der Waals surface area contributed by atoms with Gasteiger partial charge in [0.1, 0.15) is 0 Å². The monoisotopic (exact) mass is 170 g/mol. The van der Waals surface area contributed by atoms with Gasteiger partial charge in [-0.3, -0.25) is 0 Å². The van der Waals surface area contributed by atoms with Crippen molar-refractivity contribution in [3.05, 3.63) is 0 Å². The smallest absolute Gasteiger partial charge is 0.0192 e. The van der Waals surface area contributed by atoms with Gasteiger partial charge in [-0.2, -0.15) is 0 Å². The molecule has 72 valence electrons. The maximum atomic E-state index is 2.58. The Morgan fingerprint density at radius 1 is 1.33 bits per heavy atom. The summed E-state index contributed by atoms with van der Waals surface area (Å²) in [5.41, 5.74) is 0.